The van der Waals surface area contributed by atoms with Crippen molar-refractivity contribution in [3.8, 4) is 5.75 Å². The summed E-state index contributed by atoms with van der Waals surface area (Å²) >= 11 is 0. The maximum Gasteiger partial charge on any atom is 0.495 e. The Morgan fingerprint density at radius 3 is 1.86 bits per heavy atom. The first kappa shape index (κ1) is 40.5. The Bertz CT molecular complexity index is 2070. The molecule has 0 bridgehead atoms. The third kappa shape index (κ3) is 11.9. The van der Waals surface area contributed by atoms with Gasteiger partial charge in [0.05, 0.1) is 25.6 Å². The van der Waals surface area contributed by atoms with Crippen molar-refractivity contribution in [3.05, 3.63) is 155 Å². The molecule has 0 heterocycles. The molecule has 0 aliphatic carbocycles. The van der Waals surface area contributed by atoms with Gasteiger partial charge in [0.1, 0.15) is 5.75 Å². The Balaban J connectivity index is 1.30. The molecule has 1 unspecified atom stereocenters. The monoisotopic (exact) mass is 768 g/mol. The van der Waals surface area contributed by atoms with Gasteiger partial charge in [0.2, 0.25) is 5.91 Å². The van der Waals surface area contributed by atoms with E-state index in [1.54, 1.807) is 48.5 Å². The Labute approximate surface area is 321 Å². The standard InChI is InChI=1S/C42H39F3N4O7/c1-28-11-9-10-16-34(28)47-41(53)48-35-22-17-31(23-37(35)54-2)24-38(50)46-33-20-18-32(19-21-33)36(25-39(51)55-56-40(52)42(43,44)45)49(26-29-12-5-3-6-13-29)27-30-14-7-4-8-15-30/h3-23,36H,24-27H2,1-2H3,(H,46,50)(H2,47,48,53). The van der Waals surface area contributed by atoms with Crippen molar-refractivity contribution >= 4 is 40.9 Å². The lowest BCUT2D eigenvalue weighted by atomic mass is 9.99. The van der Waals surface area contributed by atoms with Gasteiger partial charge >= 0.3 is 24.1 Å². The highest BCUT2D eigenvalue weighted by molar-refractivity contribution is 6.01. The highest BCUT2D eigenvalue weighted by Gasteiger charge is 2.43. The fraction of sp³-hybridized carbons (Fsp3) is 0.190. The Kier molecular flexibility index (Phi) is 13.8. The second-order valence-corrected chi connectivity index (χ2v) is 12.7. The molecule has 0 fully saturated rings. The summed E-state index contributed by atoms with van der Waals surface area (Å²) < 4.78 is 43.7. The number of para-hydroxylation sites is 1. The third-order valence-corrected chi connectivity index (χ3v) is 8.55. The van der Waals surface area contributed by atoms with Crippen LogP contribution in [0.25, 0.3) is 0 Å². The van der Waals surface area contributed by atoms with Crippen molar-refractivity contribution in [3.63, 3.8) is 0 Å². The van der Waals surface area contributed by atoms with Crippen molar-refractivity contribution in [1.82, 2.24) is 4.90 Å². The number of nitrogens with one attached hydrogen (secondary N) is 3. The minimum Gasteiger partial charge on any atom is -0.495 e. The number of hydrogen-bond donors (Lipinski definition) is 3. The molecule has 0 aliphatic rings. The molecule has 0 spiro atoms. The maximum atomic E-state index is 13.1. The summed E-state index contributed by atoms with van der Waals surface area (Å²) in [4.78, 5) is 59.9. The second kappa shape index (κ2) is 19.1. The maximum absolute atomic E-state index is 13.1. The van der Waals surface area contributed by atoms with Crippen LogP contribution in [0.3, 0.4) is 0 Å². The summed E-state index contributed by atoms with van der Waals surface area (Å²) in [6, 6.07) is 36.5. The molecule has 0 radical (unpaired) electrons. The minimum atomic E-state index is -5.35. The summed E-state index contributed by atoms with van der Waals surface area (Å²) in [5, 5.41) is 8.40. The summed E-state index contributed by atoms with van der Waals surface area (Å²) in [6.07, 6.45) is -5.85. The quantitative estimate of drug-likeness (QED) is 0.0756. The third-order valence-electron chi connectivity index (χ3n) is 8.55. The number of ether oxygens (including phenoxy) is 1. The van der Waals surface area contributed by atoms with E-state index < -0.39 is 36.6 Å². The van der Waals surface area contributed by atoms with E-state index in [4.69, 9.17) is 4.74 Å². The number of carbonyl (C=O) groups excluding carboxylic acids is 4. The van der Waals surface area contributed by atoms with Crippen molar-refractivity contribution in [2.24, 2.45) is 0 Å². The van der Waals surface area contributed by atoms with Gasteiger partial charge in [0.15, 0.2) is 0 Å². The number of amides is 3. The van der Waals surface area contributed by atoms with E-state index in [-0.39, 0.29) is 12.3 Å². The molecule has 0 saturated carbocycles. The van der Waals surface area contributed by atoms with Crippen LogP contribution in [-0.4, -0.2) is 42.1 Å². The minimum absolute atomic E-state index is 0.0269. The Morgan fingerprint density at radius 1 is 0.679 bits per heavy atom. The zero-order valence-corrected chi connectivity index (χ0v) is 30.5. The number of benzene rings is 5. The summed E-state index contributed by atoms with van der Waals surface area (Å²) in [5.41, 5.74) is 5.40. The van der Waals surface area contributed by atoms with Gasteiger partial charge in [0, 0.05) is 30.5 Å². The molecule has 5 aromatic rings. The highest BCUT2D eigenvalue weighted by Crippen LogP contribution is 2.31. The molecule has 3 amide bonds. The van der Waals surface area contributed by atoms with E-state index in [2.05, 4.69) is 25.7 Å². The van der Waals surface area contributed by atoms with Crippen molar-refractivity contribution < 1.29 is 46.9 Å². The van der Waals surface area contributed by atoms with Gasteiger partial charge in [-0.25, -0.2) is 24.2 Å². The number of urea groups is 1. The number of hydrogen-bond acceptors (Lipinski definition) is 8. The van der Waals surface area contributed by atoms with E-state index in [1.807, 2.05) is 90.7 Å². The topological polar surface area (TPSA) is 135 Å². The average molecular weight is 769 g/mol. The first-order chi connectivity index (χ1) is 26.9. The summed E-state index contributed by atoms with van der Waals surface area (Å²) in [5.74, 6) is -3.84. The number of carbonyl (C=O) groups is 4. The number of rotatable bonds is 14. The van der Waals surface area contributed by atoms with Gasteiger partial charge in [-0.15, -0.1) is 0 Å². The first-order valence-electron chi connectivity index (χ1n) is 17.4. The first-order valence-corrected chi connectivity index (χ1v) is 17.4. The Morgan fingerprint density at radius 2 is 1.27 bits per heavy atom. The van der Waals surface area contributed by atoms with E-state index in [0.29, 0.717) is 47.0 Å². The Hall–Kier alpha value is -6.67. The van der Waals surface area contributed by atoms with Gasteiger partial charge in [-0.1, -0.05) is 97.1 Å². The number of nitrogens with zero attached hydrogens (tertiary/aromatic N) is 1. The van der Waals surface area contributed by atoms with E-state index in [9.17, 15) is 32.3 Å². The van der Waals surface area contributed by atoms with E-state index >= 15 is 0 Å². The molecule has 0 aromatic heterocycles. The average Bonchev–Trinajstić information content (AvgIpc) is 3.18. The second-order valence-electron chi connectivity index (χ2n) is 12.7. The fourth-order valence-corrected chi connectivity index (χ4v) is 5.81. The SMILES string of the molecule is COc1cc(CC(=O)Nc2ccc(C(CC(=O)OOC(=O)C(F)(F)F)N(Cc3ccccc3)Cc3ccccc3)cc2)ccc1NC(=O)Nc1ccccc1C. The van der Waals surface area contributed by atoms with Crippen LogP contribution >= 0.6 is 0 Å². The van der Waals surface area contributed by atoms with Crippen LogP contribution in [0.1, 0.15) is 40.3 Å². The molecule has 11 nitrogen and oxygen atoms in total. The number of halogens is 3. The predicted molar refractivity (Wildman–Crippen MR) is 203 cm³/mol. The van der Waals surface area contributed by atoms with Crippen molar-refractivity contribution in [2.75, 3.05) is 23.1 Å². The highest BCUT2D eigenvalue weighted by atomic mass is 19.4. The van der Waals surface area contributed by atoms with Crippen LogP contribution in [0.15, 0.2) is 127 Å². The number of aryl methyl sites for hydroxylation is 1. The molecule has 56 heavy (non-hydrogen) atoms. The van der Waals surface area contributed by atoms with E-state index in [1.165, 1.54) is 7.11 Å². The summed E-state index contributed by atoms with van der Waals surface area (Å²) in [7, 11) is 1.45. The molecule has 1 atom stereocenters. The van der Waals surface area contributed by atoms with Crippen LogP contribution in [0.4, 0.5) is 35.0 Å². The molecule has 5 rings (SSSR count). The molecule has 14 heteroatoms. The van der Waals surface area contributed by atoms with Crippen LogP contribution < -0.4 is 20.7 Å². The summed E-state index contributed by atoms with van der Waals surface area (Å²) in [6.45, 7) is 2.55. The number of anilines is 3. The smallest absolute Gasteiger partial charge is 0.495 e. The molecule has 290 valence electrons. The van der Waals surface area contributed by atoms with Crippen LogP contribution in [0.5, 0.6) is 5.75 Å². The lowest BCUT2D eigenvalue weighted by Gasteiger charge is -2.32. The molecule has 0 saturated heterocycles. The fourth-order valence-electron chi connectivity index (χ4n) is 5.81. The number of methoxy groups -OCH3 is 1. The lowest BCUT2D eigenvalue weighted by molar-refractivity contribution is -0.286. The lowest BCUT2D eigenvalue weighted by Crippen LogP contribution is -2.31. The van der Waals surface area contributed by atoms with Gasteiger partial charge in [-0.2, -0.15) is 13.2 Å². The molecule has 3 N–H and O–H groups in total. The zero-order chi connectivity index (χ0) is 40.1. The largest absolute Gasteiger partial charge is 0.495 e. The van der Waals surface area contributed by atoms with Gasteiger partial charge in [0.25, 0.3) is 0 Å². The molecule has 0 aliphatic heterocycles. The van der Waals surface area contributed by atoms with Crippen molar-refractivity contribution in [1.29, 1.82) is 0 Å². The molecular formula is C42H39F3N4O7. The van der Waals surface area contributed by atoms with Gasteiger partial charge < -0.3 is 20.7 Å². The van der Waals surface area contributed by atoms with Crippen LogP contribution in [0.2, 0.25) is 0 Å². The predicted octanol–water partition coefficient (Wildman–Crippen LogP) is 8.53. The van der Waals surface area contributed by atoms with Crippen LogP contribution in [-0.2, 0) is 43.7 Å². The van der Waals surface area contributed by atoms with Crippen LogP contribution in [0, 0.1) is 6.92 Å². The molecule has 5 aromatic carbocycles. The number of alkyl halides is 3. The molecular weight excluding hydrogens is 729 g/mol. The zero-order valence-electron chi connectivity index (χ0n) is 30.5. The van der Waals surface area contributed by atoms with Crippen molar-refractivity contribution in [2.45, 2.75) is 45.1 Å². The van der Waals surface area contributed by atoms with Gasteiger partial charge in [-0.3, -0.25) is 9.69 Å². The normalized spacial score (nSPS) is 11.6. The van der Waals surface area contributed by atoms with Gasteiger partial charge in [-0.05, 0) is 65.1 Å². The van der Waals surface area contributed by atoms with E-state index in [0.717, 1.165) is 16.7 Å².